The first-order valence-electron chi connectivity index (χ1n) is 4.91. The molecular formula is C9H15F3N2O3. The van der Waals surface area contributed by atoms with Crippen molar-refractivity contribution in [2.75, 3.05) is 19.6 Å². The molecule has 17 heavy (non-hydrogen) atoms. The number of carboxylic acid groups (broad SMARTS) is 1. The van der Waals surface area contributed by atoms with Gasteiger partial charge in [0, 0.05) is 6.04 Å². The average molecular weight is 256 g/mol. The van der Waals surface area contributed by atoms with Gasteiger partial charge in [-0.25, -0.2) is 0 Å². The van der Waals surface area contributed by atoms with Crippen LogP contribution in [0.2, 0.25) is 0 Å². The van der Waals surface area contributed by atoms with Crippen LogP contribution in [0.25, 0.3) is 0 Å². The molecule has 2 N–H and O–H groups in total. The smallest absolute Gasteiger partial charge is 0.405 e. The maximum Gasteiger partial charge on any atom is 0.405 e. The molecule has 0 aromatic heterocycles. The van der Waals surface area contributed by atoms with Crippen molar-refractivity contribution in [3.8, 4) is 0 Å². The number of hydrogen-bond donors (Lipinski definition) is 2. The van der Waals surface area contributed by atoms with E-state index in [4.69, 9.17) is 5.11 Å². The van der Waals surface area contributed by atoms with Gasteiger partial charge in [-0.15, -0.1) is 0 Å². The van der Waals surface area contributed by atoms with E-state index in [-0.39, 0.29) is 12.6 Å². The second kappa shape index (κ2) is 6.43. The predicted molar refractivity (Wildman–Crippen MR) is 53.4 cm³/mol. The number of nitrogens with one attached hydrogen (secondary N) is 1. The van der Waals surface area contributed by atoms with E-state index in [9.17, 15) is 22.8 Å². The highest BCUT2D eigenvalue weighted by Gasteiger charge is 2.28. The molecule has 0 aliphatic heterocycles. The fourth-order valence-corrected chi connectivity index (χ4v) is 1.03. The van der Waals surface area contributed by atoms with Crippen LogP contribution < -0.4 is 5.32 Å². The molecule has 0 aromatic rings. The Morgan fingerprint density at radius 2 is 1.82 bits per heavy atom. The standard InChI is InChI=1S/C9H15F3N2O3/c1-6(2)14(4-8(16)17)3-7(15)13-5-9(10,11)12/h6H,3-5H2,1-2H3,(H,13,15)(H,16,17). The van der Waals surface area contributed by atoms with Gasteiger partial charge in [0.15, 0.2) is 0 Å². The van der Waals surface area contributed by atoms with E-state index in [1.165, 1.54) is 4.90 Å². The predicted octanol–water partition coefficient (Wildman–Crippen LogP) is 0.460. The molecule has 0 heterocycles. The normalized spacial score (nSPS) is 11.9. The van der Waals surface area contributed by atoms with Gasteiger partial charge in [0.2, 0.25) is 5.91 Å². The van der Waals surface area contributed by atoms with E-state index in [2.05, 4.69) is 0 Å². The minimum atomic E-state index is -4.47. The molecule has 0 aliphatic rings. The Hall–Kier alpha value is -1.31. The number of carbonyl (C=O) groups excluding carboxylic acids is 1. The lowest BCUT2D eigenvalue weighted by atomic mass is 10.3. The number of hydrogen-bond acceptors (Lipinski definition) is 3. The number of halogens is 3. The Morgan fingerprint density at radius 1 is 1.29 bits per heavy atom. The van der Waals surface area contributed by atoms with Crippen LogP contribution in [0.15, 0.2) is 0 Å². The molecule has 0 bridgehead atoms. The van der Waals surface area contributed by atoms with Gasteiger partial charge >= 0.3 is 12.1 Å². The van der Waals surface area contributed by atoms with Gasteiger partial charge < -0.3 is 10.4 Å². The summed E-state index contributed by atoms with van der Waals surface area (Å²) < 4.78 is 35.4. The minimum Gasteiger partial charge on any atom is -0.480 e. The second-order valence-electron chi connectivity index (χ2n) is 3.78. The topological polar surface area (TPSA) is 69.6 Å². The molecule has 0 spiro atoms. The lowest BCUT2D eigenvalue weighted by molar-refractivity contribution is -0.142. The molecule has 0 unspecified atom stereocenters. The van der Waals surface area contributed by atoms with Crippen molar-refractivity contribution < 1.29 is 27.9 Å². The summed E-state index contributed by atoms with van der Waals surface area (Å²) in [6, 6.07) is -0.247. The summed E-state index contributed by atoms with van der Waals surface area (Å²) in [4.78, 5) is 22.9. The number of aliphatic carboxylic acids is 1. The van der Waals surface area contributed by atoms with Crippen molar-refractivity contribution in [3.05, 3.63) is 0 Å². The van der Waals surface area contributed by atoms with Crippen LogP contribution in [0.5, 0.6) is 0 Å². The Balaban J connectivity index is 4.18. The zero-order valence-electron chi connectivity index (χ0n) is 9.54. The maximum atomic E-state index is 11.8. The van der Waals surface area contributed by atoms with Gasteiger partial charge in [-0.3, -0.25) is 14.5 Å². The highest BCUT2D eigenvalue weighted by Crippen LogP contribution is 2.12. The highest BCUT2D eigenvalue weighted by molar-refractivity contribution is 5.79. The number of nitrogens with zero attached hydrogens (tertiary/aromatic N) is 1. The van der Waals surface area contributed by atoms with Gasteiger partial charge in [0.25, 0.3) is 0 Å². The Morgan fingerprint density at radius 3 is 2.18 bits per heavy atom. The lowest BCUT2D eigenvalue weighted by Gasteiger charge is -2.23. The summed E-state index contributed by atoms with van der Waals surface area (Å²) in [5.41, 5.74) is 0. The SMILES string of the molecule is CC(C)N(CC(=O)O)CC(=O)NCC(F)(F)F. The first kappa shape index (κ1) is 15.7. The van der Waals surface area contributed by atoms with Crippen molar-refractivity contribution in [2.45, 2.75) is 26.1 Å². The molecule has 5 nitrogen and oxygen atoms in total. The number of rotatable bonds is 6. The Labute approximate surface area is 96.6 Å². The third kappa shape index (κ3) is 8.49. The van der Waals surface area contributed by atoms with Crippen molar-refractivity contribution >= 4 is 11.9 Å². The molecule has 0 fully saturated rings. The average Bonchev–Trinajstić information content (AvgIpc) is 2.11. The van der Waals surface area contributed by atoms with E-state index >= 15 is 0 Å². The van der Waals surface area contributed by atoms with Gasteiger partial charge in [0.05, 0.1) is 13.1 Å². The fourth-order valence-electron chi connectivity index (χ4n) is 1.03. The van der Waals surface area contributed by atoms with Crippen LogP contribution in [0.1, 0.15) is 13.8 Å². The number of carbonyl (C=O) groups is 2. The van der Waals surface area contributed by atoms with E-state index < -0.39 is 31.1 Å². The van der Waals surface area contributed by atoms with Crippen LogP contribution in [0.4, 0.5) is 13.2 Å². The molecule has 0 saturated carbocycles. The minimum absolute atomic E-state index is 0.247. The van der Waals surface area contributed by atoms with E-state index in [0.29, 0.717) is 0 Å². The molecule has 0 aliphatic carbocycles. The summed E-state index contributed by atoms with van der Waals surface area (Å²) in [7, 11) is 0. The van der Waals surface area contributed by atoms with E-state index in [1.807, 2.05) is 0 Å². The third-order valence-corrected chi connectivity index (χ3v) is 1.90. The second-order valence-corrected chi connectivity index (χ2v) is 3.78. The van der Waals surface area contributed by atoms with E-state index in [1.54, 1.807) is 19.2 Å². The van der Waals surface area contributed by atoms with Crippen molar-refractivity contribution in [1.82, 2.24) is 10.2 Å². The van der Waals surface area contributed by atoms with Gasteiger partial charge in [0.1, 0.15) is 6.54 Å². The fraction of sp³-hybridized carbons (Fsp3) is 0.778. The molecule has 0 rings (SSSR count). The molecule has 0 radical (unpaired) electrons. The summed E-state index contributed by atoms with van der Waals surface area (Å²) in [6.45, 7) is 1.13. The van der Waals surface area contributed by atoms with Crippen LogP contribution >= 0.6 is 0 Å². The third-order valence-electron chi connectivity index (χ3n) is 1.90. The van der Waals surface area contributed by atoms with Crippen molar-refractivity contribution in [1.29, 1.82) is 0 Å². The van der Waals surface area contributed by atoms with Crippen molar-refractivity contribution in [3.63, 3.8) is 0 Å². The van der Waals surface area contributed by atoms with Gasteiger partial charge in [-0.1, -0.05) is 0 Å². The first-order chi connectivity index (χ1) is 7.61. The quantitative estimate of drug-likeness (QED) is 0.724. The highest BCUT2D eigenvalue weighted by atomic mass is 19.4. The first-order valence-corrected chi connectivity index (χ1v) is 4.91. The molecular weight excluding hydrogens is 241 g/mol. The summed E-state index contributed by atoms with van der Waals surface area (Å²) in [5, 5.41) is 10.2. The lowest BCUT2D eigenvalue weighted by Crippen LogP contribution is -2.45. The summed E-state index contributed by atoms with van der Waals surface area (Å²) in [6.07, 6.45) is -4.47. The molecule has 0 saturated heterocycles. The van der Waals surface area contributed by atoms with Crippen LogP contribution in [0, 0.1) is 0 Å². The van der Waals surface area contributed by atoms with Crippen LogP contribution in [-0.4, -0.2) is 53.7 Å². The number of alkyl halides is 3. The zero-order chi connectivity index (χ0) is 13.6. The molecule has 1 amide bonds. The summed E-state index contributed by atoms with van der Waals surface area (Å²) in [5.74, 6) is -1.99. The van der Waals surface area contributed by atoms with Gasteiger partial charge in [-0.2, -0.15) is 13.2 Å². The number of carboxylic acids is 1. The Kier molecular flexibility index (Phi) is 5.94. The van der Waals surface area contributed by atoms with Crippen LogP contribution in [0.3, 0.4) is 0 Å². The zero-order valence-corrected chi connectivity index (χ0v) is 9.54. The monoisotopic (exact) mass is 256 g/mol. The van der Waals surface area contributed by atoms with Crippen molar-refractivity contribution in [2.24, 2.45) is 0 Å². The molecule has 0 atom stereocenters. The molecule has 0 aromatic carbocycles. The summed E-state index contributed by atoms with van der Waals surface area (Å²) >= 11 is 0. The maximum absolute atomic E-state index is 11.8. The number of amides is 1. The largest absolute Gasteiger partial charge is 0.480 e. The van der Waals surface area contributed by atoms with E-state index in [0.717, 1.165) is 0 Å². The Bertz CT molecular complexity index is 279. The van der Waals surface area contributed by atoms with Crippen LogP contribution in [-0.2, 0) is 9.59 Å². The van der Waals surface area contributed by atoms with Gasteiger partial charge in [-0.05, 0) is 13.8 Å². The molecule has 8 heteroatoms. The molecule has 100 valence electrons.